The summed E-state index contributed by atoms with van der Waals surface area (Å²) < 4.78 is 6.09. The van der Waals surface area contributed by atoms with E-state index in [1.807, 2.05) is 31.2 Å². The summed E-state index contributed by atoms with van der Waals surface area (Å²) >= 11 is 0. The number of rotatable bonds is 10. The normalized spacial score (nSPS) is 12.1. The van der Waals surface area contributed by atoms with Crippen LogP contribution in [0.4, 0.5) is 0 Å². The van der Waals surface area contributed by atoms with Crippen LogP contribution in [0.1, 0.15) is 58.7 Å². The average molecular weight is 449 g/mol. The molecule has 0 heterocycles. The van der Waals surface area contributed by atoms with Crippen molar-refractivity contribution in [3.05, 3.63) is 87.5 Å². The van der Waals surface area contributed by atoms with E-state index >= 15 is 0 Å². The molecule has 0 fully saturated rings. The first-order valence-electron chi connectivity index (χ1n) is 11.7. The molecule has 3 aromatic rings. The Morgan fingerprint density at radius 3 is 2.12 bits per heavy atom. The molecule has 1 unspecified atom stereocenters. The molecule has 0 aromatic heterocycles. The molecule has 1 atom stereocenters. The van der Waals surface area contributed by atoms with E-state index in [-0.39, 0.29) is 19.3 Å². The van der Waals surface area contributed by atoms with Crippen LogP contribution in [0.2, 0.25) is 0 Å². The van der Waals surface area contributed by atoms with Gasteiger partial charge in [0.1, 0.15) is 12.4 Å². The molecule has 0 aliphatic rings. The summed E-state index contributed by atoms with van der Waals surface area (Å²) in [6.07, 6.45) is 2.21. The van der Waals surface area contributed by atoms with Crippen LogP contribution in [0.15, 0.2) is 48.5 Å². The van der Waals surface area contributed by atoms with Gasteiger partial charge >= 0.3 is 0 Å². The molecule has 0 saturated carbocycles. The van der Waals surface area contributed by atoms with Crippen molar-refractivity contribution in [3.8, 4) is 16.9 Å². The molecule has 0 saturated heterocycles. The molecule has 4 heteroatoms. The lowest BCUT2D eigenvalue weighted by atomic mass is 9.90. The Morgan fingerprint density at radius 2 is 1.48 bits per heavy atom. The van der Waals surface area contributed by atoms with Gasteiger partial charge in [0.25, 0.3) is 0 Å². The molecular weight excluding hydrogens is 412 g/mol. The van der Waals surface area contributed by atoms with Crippen LogP contribution in [-0.4, -0.2) is 21.4 Å². The minimum atomic E-state index is -0.241. The van der Waals surface area contributed by atoms with Crippen LogP contribution >= 0.6 is 0 Å². The zero-order chi connectivity index (χ0) is 24.0. The number of aliphatic hydroxyl groups is 3. The molecule has 3 aromatic carbocycles. The first kappa shape index (κ1) is 25.0. The van der Waals surface area contributed by atoms with Gasteiger partial charge in [-0.3, -0.25) is 0 Å². The highest BCUT2D eigenvalue weighted by molar-refractivity contribution is 5.75. The largest absolute Gasteiger partial charge is 0.489 e. The van der Waals surface area contributed by atoms with Crippen LogP contribution in [0, 0.1) is 20.8 Å². The van der Waals surface area contributed by atoms with Crippen molar-refractivity contribution in [2.45, 2.75) is 72.9 Å². The van der Waals surface area contributed by atoms with Crippen molar-refractivity contribution in [1.29, 1.82) is 0 Å². The van der Waals surface area contributed by atoms with Crippen molar-refractivity contribution in [1.82, 2.24) is 0 Å². The van der Waals surface area contributed by atoms with Gasteiger partial charge in [0, 0.05) is 0 Å². The molecule has 0 bridgehead atoms. The molecule has 3 rings (SSSR count). The zero-order valence-corrected chi connectivity index (χ0v) is 20.2. The lowest BCUT2D eigenvalue weighted by Gasteiger charge is -2.17. The summed E-state index contributed by atoms with van der Waals surface area (Å²) in [4.78, 5) is 0. The van der Waals surface area contributed by atoms with E-state index in [1.165, 1.54) is 27.8 Å². The summed E-state index contributed by atoms with van der Waals surface area (Å²) in [6, 6.07) is 16.3. The number of hydrogen-bond acceptors (Lipinski definition) is 4. The third-order valence-corrected chi connectivity index (χ3v) is 6.33. The first-order valence-corrected chi connectivity index (χ1v) is 11.7. The van der Waals surface area contributed by atoms with E-state index in [2.05, 4.69) is 45.0 Å². The predicted molar refractivity (Wildman–Crippen MR) is 133 cm³/mol. The maximum Gasteiger partial charge on any atom is 0.120 e. The van der Waals surface area contributed by atoms with Crippen LogP contribution in [0.3, 0.4) is 0 Å². The van der Waals surface area contributed by atoms with Crippen molar-refractivity contribution in [3.63, 3.8) is 0 Å². The number of aliphatic hydroxyl groups excluding tert-OH is 3. The van der Waals surface area contributed by atoms with Crippen LogP contribution in [0.5, 0.6) is 5.75 Å². The van der Waals surface area contributed by atoms with Gasteiger partial charge in [-0.2, -0.15) is 0 Å². The molecule has 176 valence electrons. The standard InChI is InChI=1S/C29H36O4/c1-5-26(32)10-8-22-12-20(3)29(21(4)13-22)28-15-27(11-6-19(28)2)33-18-23-7-9-24(16-30)25(14-23)17-31/h6-7,9,11-15,26,30-32H,5,8,10,16-18H2,1-4H3. The van der Waals surface area contributed by atoms with Gasteiger partial charge in [-0.15, -0.1) is 0 Å². The Bertz CT molecular complexity index is 1060. The molecule has 33 heavy (non-hydrogen) atoms. The van der Waals surface area contributed by atoms with Crippen LogP contribution in [0.25, 0.3) is 11.1 Å². The fourth-order valence-corrected chi connectivity index (χ4v) is 4.36. The Labute approximate surface area is 197 Å². The van der Waals surface area contributed by atoms with Gasteiger partial charge < -0.3 is 20.1 Å². The molecular formula is C29H36O4. The van der Waals surface area contributed by atoms with Gasteiger partial charge in [-0.25, -0.2) is 0 Å². The molecule has 0 spiro atoms. The van der Waals surface area contributed by atoms with Gasteiger partial charge in [-0.1, -0.05) is 37.3 Å². The minimum absolute atomic E-state index is 0.0883. The van der Waals surface area contributed by atoms with E-state index in [9.17, 15) is 15.3 Å². The number of hydrogen-bond donors (Lipinski definition) is 3. The van der Waals surface area contributed by atoms with Crippen molar-refractivity contribution in [2.24, 2.45) is 0 Å². The quantitative estimate of drug-likeness (QED) is 0.381. The van der Waals surface area contributed by atoms with Gasteiger partial charge in [-0.05, 0) is 108 Å². The second-order valence-corrected chi connectivity index (χ2v) is 8.89. The van der Waals surface area contributed by atoms with Crippen molar-refractivity contribution >= 4 is 0 Å². The Kier molecular flexibility index (Phi) is 8.67. The van der Waals surface area contributed by atoms with E-state index in [0.717, 1.165) is 47.3 Å². The summed E-state index contributed by atoms with van der Waals surface area (Å²) in [6.45, 7) is 8.61. The SMILES string of the molecule is CCC(O)CCc1cc(C)c(-c2cc(OCc3ccc(CO)c(CO)c3)ccc2C)c(C)c1. The molecule has 3 N–H and O–H groups in total. The maximum atomic E-state index is 9.91. The van der Waals surface area contributed by atoms with Crippen LogP contribution < -0.4 is 4.74 Å². The van der Waals surface area contributed by atoms with E-state index in [1.54, 1.807) is 0 Å². The Balaban J connectivity index is 1.81. The monoisotopic (exact) mass is 448 g/mol. The predicted octanol–water partition coefficient (Wildman–Crippen LogP) is 5.55. The third-order valence-electron chi connectivity index (χ3n) is 6.33. The highest BCUT2D eigenvalue weighted by atomic mass is 16.5. The molecule has 0 aliphatic heterocycles. The van der Waals surface area contributed by atoms with E-state index in [4.69, 9.17) is 4.74 Å². The highest BCUT2D eigenvalue weighted by Crippen LogP contribution is 2.34. The first-order chi connectivity index (χ1) is 15.9. The average Bonchev–Trinajstić information content (AvgIpc) is 2.82. The summed E-state index contributed by atoms with van der Waals surface area (Å²) in [5, 5.41) is 28.8. The fourth-order valence-electron chi connectivity index (χ4n) is 4.36. The maximum absolute atomic E-state index is 9.91. The lowest BCUT2D eigenvalue weighted by Crippen LogP contribution is -2.06. The highest BCUT2D eigenvalue weighted by Gasteiger charge is 2.13. The summed E-state index contributed by atoms with van der Waals surface area (Å²) in [5.74, 6) is 0.793. The second kappa shape index (κ2) is 11.5. The molecule has 0 amide bonds. The Morgan fingerprint density at radius 1 is 0.788 bits per heavy atom. The number of ether oxygens (including phenoxy) is 1. The van der Waals surface area contributed by atoms with Gasteiger partial charge in [0.15, 0.2) is 0 Å². The van der Waals surface area contributed by atoms with E-state index < -0.39 is 0 Å². The fraction of sp³-hybridized carbons (Fsp3) is 0.379. The lowest BCUT2D eigenvalue weighted by molar-refractivity contribution is 0.160. The summed E-state index contributed by atoms with van der Waals surface area (Å²) in [7, 11) is 0. The zero-order valence-electron chi connectivity index (χ0n) is 20.2. The van der Waals surface area contributed by atoms with Gasteiger partial charge in [0.05, 0.1) is 19.3 Å². The second-order valence-electron chi connectivity index (χ2n) is 8.89. The molecule has 4 nitrogen and oxygen atoms in total. The summed E-state index contributed by atoms with van der Waals surface area (Å²) in [5.41, 5.74) is 9.70. The van der Waals surface area contributed by atoms with E-state index in [0.29, 0.717) is 6.61 Å². The van der Waals surface area contributed by atoms with Gasteiger partial charge in [0.2, 0.25) is 0 Å². The van der Waals surface area contributed by atoms with Crippen molar-refractivity contribution in [2.75, 3.05) is 0 Å². The minimum Gasteiger partial charge on any atom is -0.489 e. The number of aryl methyl sites for hydroxylation is 4. The number of benzene rings is 3. The van der Waals surface area contributed by atoms with Crippen LogP contribution in [-0.2, 0) is 26.2 Å². The molecule has 0 radical (unpaired) electrons. The van der Waals surface area contributed by atoms with Crippen molar-refractivity contribution < 1.29 is 20.1 Å². The smallest absolute Gasteiger partial charge is 0.120 e. The molecule has 0 aliphatic carbocycles. The third kappa shape index (κ3) is 6.23. The topological polar surface area (TPSA) is 69.9 Å². The Hall–Kier alpha value is -2.66.